The Balaban J connectivity index is 1.21. The molecule has 2 saturated heterocycles. The molecule has 9 heteroatoms. The fourth-order valence-corrected chi connectivity index (χ4v) is 4.95. The minimum Gasteiger partial charge on any atom is -0.379 e. The van der Waals surface area contributed by atoms with E-state index >= 15 is 0 Å². The van der Waals surface area contributed by atoms with E-state index in [1.54, 1.807) is 29.3 Å². The predicted molar refractivity (Wildman–Crippen MR) is 140 cm³/mol. The van der Waals surface area contributed by atoms with Crippen molar-refractivity contribution in [2.24, 2.45) is 0 Å². The summed E-state index contributed by atoms with van der Waals surface area (Å²) < 4.78 is 22.1. The third-order valence-corrected chi connectivity index (χ3v) is 7.03. The van der Waals surface area contributed by atoms with Gasteiger partial charge in [-0.1, -0.05) is 24.3 Å². The number of nitrogens with zero attached hydrogens (tertiary/aromatic N) is 5. The molecule has 2 fully saturated rings. The van der Waals surface area contributed by atoms with E-state index in [2.05, 4.69) is 44.5 Å². The summed E-state index contributed by atoms with van der Waals surface area (Å²) >= 11 is 0. The normalized spacial score (nSPS) is 16.4. The molecule has 0 unspecified atom stereocenters. The molecule has 1 N–H and O–H groups in total. The summed E-state index contributed by atoms with van der Waals surface area (Å²) in [4.78, 5) is 25.7. The lowest BCUT2D eigenvalue weighted by atomic mass is 10.1. The summed E-state index contributed by atoms with van der Waals surface area (Å²) in [5.41, 5.74) is 4.52. The number of benzene rings is 2. The highest BCUT2D eigenvalue weighted by Crippen LogP contribution is 2.27. The maximum absolute atomic E-state index is 14.8. The number of rotatable bonds is 5. The number of hydrogen-bond donors (Lipinski definition) is 1. The van der Waals surface area contributed by atoms with Gasteiger partial charge >= 0.3 is 6.03 Å². The summed E-state index contributed by atoms with van der Waals surface area (Å²) in [6, 6.07) is 14.6. The third-order valence-electron chi connectivity index (χ3n) is 7.03. The first kappa shape index (κ1) is 23.6. The zero-order valence-electron chi connectivity index (χ0n) is 20.6. The van der Waals surface area contributed by atoms with Crippen molar-refractivity contribution in [1.82, 2.24) is 24.2 Å². The van der Waals surface area contributed by atoms with E-state index in [9.17, 15) is 9.18 Å². The standard InChI is InChI=1S/C28H29FN6O2/c29-24-8-7-22(31-28(36)34-10-1-2-11-34)17-23(24)25-9-12-35-26(18-30-27(35)32-25)21-5-3-20(4-6-21)19-33-13-15-37-16-14-33/h3-9,12,17-18H,1-2,10-11,13-16,19H2,(H,31,36). The van der Waals surface area contributed by atoms with E-state index in [1.807, 2.05) is 10.6 Å². The summed E-state index contributed by atoms with van der Waals surface area (Å²) in [6.07, 6.45) is 5.66. The van der Waals surface area contributed by atoms with Crippen LogP contribution in [0.3, 0.4) is 0 Å². The van der Waals surface area contributed by atoms with E-state index in [0.717, 1.165) is 70.0 Å². The topological polar surface area (TPSA) is 75.0 Å². The first-order valence-corrected chi connectivity index (χ1v) is 12.7. The van der Waals surface area contributed by atoms with Crippen LogP contribution in [0.2, 0.25) is 0 Å². The molecule has 8 nitrogen and oxygen atoms in total. The monoisotopic (exact) mass is 500 g/mol. The van der Waals surface area contributed by atoms with Crippen molar-refractivity contribution in [3.63, 3.8) is 0 Å². The molecule has 0 spiro atoms. The van der Waals surface area contributed by atoms with Gasteiger partial charge in [0.25, 0.3) is 0 Å². The minimum absolute atomic E-state index is 0.160. The first-order valence-electron chi connectivity index (χ1n) is 12.7. The number of carbonyl (C=O) groups is 1. The molecule has 0 saturated carbocycles. The summed E-state index contributed by atoms with van der Waals surface area (Å²) in [5, 5.41) is 2.88. The number of anilines is 1. The minimum atomic E-state index is -0.404. The number of aromatic nitrogens is 3. The van der Waals surface area contributed by atoms with Gasteiger partial charge in [-0.05, 0) is 42.7 Å². The second-order valence-electron chi connectivity index (χ2n) is 9.53. The molecular formula is C28H29FN6O2. The fraction of sp³-hybridized carbons (Fsp3) is 0.321. The molecule has 190 valence electrons. The van der Waals surface area contributed by atoms with E-state index in [-0.39, 0.29) is 6.03 Å². The van der Waals surface area contributed by atoms with E-state index in [4.69, 9.17) is 4.74 Å². The highest BCUT2D eigenvalue weighted by atomic mass is 19.1. The average Bonchev–Trinajstić information content (AvgIpc) is 3.61. The second-order valence-corrected chi connectivity index (χ2v) is 9.53. The Morgan fingerprint density at radius 1 is 1.00 bits per heavy atom. The van der Waals surface area contributed by atoms with Crippen molar-refractivity contribution in [3.05, 3.63) is 72.3 Å². The van der Waals surface area contributed by atoms with E-state index in [1.165, 1.54) is 11.6 Å². The molecular weight excluding hydrogens is 471 g/mol. The van der Waals surface area contributed by atoms with Crippen LogP contribution >= 0.6 is 0 Å². The average molecular weight is 501 g/mol. The molecule has 2 aliphatic heterocycles. The lowest BCUT2D eigenvalue weighted by Gasteiger charge is -2.26. The number of nitrogens with one attached hydrogen (secondary N) is 1. The van der Waals surface area contributed by atoms with Gasteiger partial charge in [0.15, 0.2) is 0 Å². The van der Waals surface area contributed by atoms with Crippen LogP contribution in [0.15, 0.2) is 60.9 Å². The first-order chi connectivity index (χ1) is 18.1. The van der Waals surface area contributed by atoms with Crippen LogP contribution in [0.1, 0.15) is 18.4 Å². The SMILES string of the molecule is O=C(Nc1ccc(F)c(-c2ccn3c(-c4ccc(CN5CCOCC5)cc4)cnc3n2)c1)N1CCCC1. The van der Waals surface area contributed by atoms with Gasteiger partial charge in [0.1, 0.15) is 5.82 Å². The zero-order valence-corrected chi connectivity index (χ0v) is 20.6. The number of imidazole rings is 1. The molecule has 0 radical (unpaired) electrons. The Bertz CT molecular complexity index is 1410. The highest BCUT2D eigenvalue weighted by Gasteiger charge is 2.19. The van der Waals surface area contributed by atoms with E-state index in [0.29, 0.717) is 22.7 Å². The second kappa shape index (κ2) is 10.3. The number of urea groups is 1. The van der Waals surface area contributed by atoms with Gasteiger partial charge in [-0.2, -0.15) is 0 Å². The smallest absolute Gasteiger partial charge is 0.321 e. The number of ether oxygens (including phenoxy) is 1. The van der Waals surface area contributed by atoms with Gasteiger partial charge in [0.05, 0.1) is 30.8 Å². The predicted octanol–water partition coefficient (Wildman–Crippen LogP) is 4.66. The molecule has 2 amide bonds. The number of likely N-dealkylation sites (tertiary alicyclic amines) is 1. The third kappa shape index (κ3) is 5.05. The van der Waals surface area contributed by atoms with Crippen LogP contribution in [0, 0.1) is 5.82 Å². The van der Waals surface area contributed by atoms with Crippen molar-refractivity contribution in [1.29, 1.82) is 0 Å². The molecule has 2 aromatic heterocycles. The summed E-state index contributed by atoms with van der Waals surface area (Å²) in [7, 11) is 0. The Hall–Kier alpha value is -3.82. The zero-order chi connectivity index (χ0) is 25.2. The van der Waals surface area contributed by atoms with Crippen LogP contribution in [0.4, 0.5) is 14.9 Å². The van der Waals surface area contributed by atoms with Gasteiger partial charge in [-0.15, -0.1) is 0 Å². The molecule has 2 aromatic carbocycles. The van der Waals surface area contributed by atoms with Gasteiger partial charge in [0.2, 0.25) is 5.78 Å². The van der Waals surface area contributed by atoms with Crippen LogP contribution < -0.4 is 5.32 Å². The van der Waals surface area contributed by atoms with Crippen LogP contribution in [-0.4, -0.2) is 69.6 Å². The van der Waals surface area contributed by atoms with Crippen LogP contribution in [-0.2, 0) is 11.3 Å². The fourth-order valence-electron chi connectivity index (χ4n) is 4.95. The maximum Gasteiger partial charge on any atom is 0.321 e. The quantitative estimate of drug-likeness (QED) is 0.431. The Kier molecular flexibility index (Phi) is 6.55. The largest absolute Gasteiger partial charge is 0.379 e. The van der Waals surface area contributed by atoms with Crippen molar-refractivity contribution in [2.45, 2.75) is 19.4 Å². The van der Waals surface area contributed by atoms with Gasteiger partial charge in [-0.3, -0.25) is 9.30 Å². The molecule has 37 heavy (non-hydrogen) atoms. The van der Waals surface area contributed by atoms with E-state index < -0.39 is 5.82 Å². The molecule has 0 aliphatic carbocycles. The van der Waals surface area contributed by atoms with Gasteiger partial charge in [0, 0.05) is 55.7 Å². The summed E-state index contributed by atoms with van der Waals surface area (Å²) in [6.45, 7) is 5.89. The lowest BCUT2D eigenvalue weighted by molar-refractivity contribution is 0.0342. The van der Waals surface area contributed by atoms with Gasteiger partial charge < -0.3 is 15.0 Å². The van der Waals surface area contributed by atoms with Crippen molar-refractivity contribution in [3.8, 4) is 22.5 Å². The molecule has 4 aromatic rings. The number of fused-ring (bicyclic) bond motifs is 1. The highest BCUT2D eigenvalue weighted by molar-refractivity contribution is 5.90. The Labute approximate surface area is 214 Å². The molecule has 4 heterocycles. The number of morpholine rings is 1. The molecule has 0 bridgehead atoms. The van der Waals surface area contributed by atoms with Crippen LogP contribution in [0.5, 0.6) is 0 Å². The maximum atomic E-state index is 14.8. The Morgan fingerprint density at radius 3 is 2.57 bits per heavy atom. The molecule has 0 atom stereocenters. The lowest BCUT2D eigenvalue weighted by Crippen LogP contribution is -2.35. The van der Waals surface area contributed by atoms with Crippen LogP contribution in [0.25, 0.3) is 28.3 Å². The molecule has 6 rings (SSSR count). The number of hydrogen-bond acceptors (Lipinski definition) is 5. The Morgan fingerprint density at radius 2 is 1.78 bits per heavy atom. The van der Waals surface area contributed by atoms with Gasteiger partial charge in [-0.25, -0.2) is 19.2 Å². The number of carbonyl (C=O) groups excluding carboxylic acids is 1. The van der Waals surface area contributed by atoms with Crippen molar-refractivity contribution >= 4 is 17.5 Å². The summed E-state index contributed by atoms with van der Waals surface area (Å²) in [5.74, 6) is 0.0782. The number of amides is 2. The molecule has 2 aliphatic rings. The van der Waals surface area contributed by atoms with Crippen molar-refractivity contribution < 1.29 is 13.9 Å². The number of halogens is 1. The van der Waals surface area contributed by atoms with Crippen molar-refractivity contribution in [2.75, 3.05) is 44.7 Å².